The Morgan fingerprint density at radius 2 is 2.10 bits per heavy atom. The predicted molar refractivity (Wildman–Crippen MR) is 69.9 cm³/mol. The topological polar surface area (TPSA) is 47.7 Å². The molecule has 0 aromatic carbocycles. The van der Waals surface area contributed by atoms with Crippen LogP contribution in [0.1, 0.15) is 29.7 Å². The van der Waals surface area contributed by atoms with Crippen molar-refractivity contribution >= 4 is 0 Å². The van der Waals surface area contributed by atoms with E-state index in [-0.39, 0.29) is 0 Å². The molecule has 0 unspecified atom stereocenters. The van der Waals surface area contributed by atoms with Gasteiger partial charge < -0.3 is 5.32 Å². The molecule has 1 N–H and O–H groups in total. The van der Waals surface area contributed by atoms with Gasteiger partial charge in [0.25, 0.3) is 0 Å². The zero-order valence-corrected chi connectivity index (χ0v) is 11.8. The second kappa shape index (κ2) is 4.87. The van der Waals surface area contributed by atoms with Gasteiger partial charge >= 0.3 is 6.18 Å². The van der Waals surface area contributed by atoms with Gasteiger partial charge in [0.1, 0.15) is 0 Å². The first-order chi connectivity index (χ1) is 9.86. The molecule has 21 heavy (non-hydrogen) atoms. The molecule has 0 atom stereocenters. The van der Waals surface area contributed by atoms with E-state index < -0.39 is 11.7 Å². The van der Waals surface area contributed by atoms with Crippen LogP contribution >= 0.6 is 0 Å². The summed E-state index contributed by atoms with van der Waals surface area (Å²) in [6.07, 6.45) is -0.265. The molecule has 0 bridgehead atoms. The van der Waals surface area contributed by atoms with E-state index in [1.54, 1.807) is 11.7 Å². The van der Waals surface area contributed by atoms with E-state index in [0.29, 0.717) is 18.4 Å². The van der Waals surface area contributed by atoms with Crippen LogP contribution in [0.25, 0.3) is 5.82 Å². The largest absolute Gasteiger partial charge is 0.419 e. The van der Waals surface area contributed by atoms with Crippen LogP contribution in [0.2, 0.25) is 0 Å². The summed E-state index contributed by atoms with van der Waals surface area (Å²) >= 11 is 0. The highest BCUT2D eigenvalue weighted by atomic mass is 19.4. The third-order valence-electron chi connectivity index (χ3n) is 3.58. The minimum atomic E-state index is -4.39. The van der Waals surface area contributed by atoms with Gasteiger partial charge in [0.2, 0.25) is 0 Å². The molecule has 0 aliphatic heterocycles. The first kappa shape index (κ1) is 14.1. The van der Waals surface area contributed by atoms with Crippen molar-refractivity contribution in [2.75, 3.05) is 0 Å². The zero-order chi connectivity index (χ0) is 15.2. The molecular weight excluding hydrogens is 283 g/mol. The number of rotatable bonds is 4. The molecule has 1 aliphatic carbocycles. The van der Waals surface area contributed by atoms with Crippen LogP contribution in [0.5, 0.6) is 0 Å². The minimum absolute atomic E-state index is 0.515. The van der Waals surface area contributed by atoms with E-state index in [1.165, 1.54) is 4.68 Å². The van der Waals surface area contributed by atoms with Gasteiger partial charge in [-0.15, -0.1) is 0 Å². The van der Waals surface area contributed by atoms with E-state index in [4.69, 9.17) is 0 Å². The fourth-order valence-corrected chi connectivity index (χ4v) is 2.30. The summed E-state index contributed by atoms with van der Waals surface area (Å²) in [6.45, 7) is 2.43. The fraction of sp³-hybridized carbons (Fsp3) is 0.538. The van der Waals surface area contributed by atoms with E-state index in [1.807, 2.05) is 6.92 Å². The van der Waals surface area contributed by atoms with Crippen LogP contribution in [-0.4, -0.2) is 25.6 Å². The minimum Gasteiger partial charge on any atom is -0.310 e. The molecule has 8 heteroatoms. The van der Waals surface area contributed by atoms with Crippen LogP contribution in [-0.2, 0) is 19.8 Å². The van der Waals surface area contributed by atoms with Crippen molar-refractivity contribution in [1.29, 1.82) is 0 Å². The number of halogens is 3. The van der Waals surface area contributed by atoms with Crippen molar-refractivity contribution in [1.82, 2.24) is 24.9 Å². The smallest absolute Gasteiger partial charge is 0.310 e. The zero-order valence-electron chi connectivity index (χ0n) is 11.8. The van der Waals surface area contributed by atoms with Gasteiger partial charge in [-0.05, 0) is 19.8 Å². The molecule has 5 nitrogen and oxygen atoms in total. The quantitative estimate of drug-likeness (QED) is 0.941. The SMILES string of the molecule is Cc1nn(C)c(-n2cc(C(F)(F)F)cn2)c1CNC1CC1. The lowest BCUT2D eigenvalue weighted by atomic mass is 10.2. The molecule has 0 saturated heterocycles. The van der Waals surface area contributed by atoms with E-state index in [0.717, 1.165) is 36.5 Å². The molecule has 0 radical (unpaired) electrons. The van der Waals surface area contributed by atoms with Crippen molar-refractivity contribution in [2.24, 2.45) is 7.05 Å². The van der Waals surface area contributed by atoms with E-state index >= 15 is 0 Å². The number of hydrogen-bond donors (Lipinski definition) is 1. The number of nitrogens with zero attached hydrogens (tertiary/aromatic N) is 4. The summed E-state index contributed by atoms with van der Waals surface area (Å²) < 4.78 is 40.9. The van der Waals surface area contributed by atoms with Crippen molar-refractivity contribution in [3.05, 3.63) is 29.2 Å². The molecule has 1 fully saturated rings. The van der Waals surface area contributed by atoms with Crippen LogP contribution in [0.4, 0.5) is 13.2 Å². The van der Waals surface area contributed by atoms with Crippen molar-refractivity contribution in [3.8, 4) is 5.82 Å². The van der Waals surface area contributed by atoms with Crippen molar-refractivity contribution in [3.63, 3.8) is 0 Å². The Hall–Kier alpha value is -1.83. The normalized spacial score (nSPS) is 15.7. The first-order valence-electron chi connectivity index (χ1n) is 6.74. The molecule has 1 saturated carbocycles. The second-order valence-corrected chi connectivity index (χ2v) is 5.34. The van der Waals surface area contributed by atoms with E-state index in [9.17, 15) is 13.2 Å². The lowest BCUT2D eigenvalue weighted by Crippen LogP contribution is -2.17. The molecule has 0 spiro atoms. The van der Waals surface area contributed by atoms with E-state index in [2.05, 4.69) is 15.5 Å². The highest BCUT2D eigenvalue weighted by Crippen LogP contribution is 2.30. The van der Waals surface area contributed by atoms with Gasteiger partial charge in [-0.3, -0.25) is 4.68 Å². The maximum absolute atomic E-state index is 12.7. The van der Waals surface area contributed by atoms with Gasteiger partial charge in [-0.2, -0.15) is 23.4 Å². The van der Waals surface area contributed by atoms with Gasteiger partial charge in [-0.25, -0.2) is 4.68 Å². The number of aryl methyl sites for hydroxylation is 2. The van der Waals surface area contributed by atoms with Crippen LogP contribution < -0.4 is 5.32 Å². The average Bonchev–Trinajstić information content (AvgIpc) is 2.98. The van der Waals surface area contributed by atoms with Crippen molar-refractivity contribution in [2.45, 2.75) is 38.5 Å². The Balaban J connectivity index is 1.94. The maximum atomic E-state index is 12.7. The standard InChI is InChI=1S/C13H16F3N5/c1-8-11(6-17-10-3-4-10)12(20(2)19-8)21-7-9(5-18-21)13(14,15)16/h5,7,10,17H,3-4,6H2,1-2H3. The summed E-state index contributed by atoms with van der Waals surface area (Å²) in [4.78, 5) is 0. The summed E-state index contributed by atoms with van der Waals surface area (Å²) in [5.74, 6) is 0.566. The van der Waals surface area contributed by atoms with Gasteiger partial charge in [0.15, 0.2) is 5.82 Å². The third kappa shape index (κ3) is 2.80. The summed E-state index contributed by atoms with van der Waals surface area (Å²) in [5, 5.41) is 11.5. The average molecular weight is 299 g/mol. The highest BCUT2D eigenvalue weighted by molar-refractivity contribution is 5.38. The lowest BCUT2D eigenvalue weighted by Gasteiger charge is -2.08. The Bertz CT molecular complexity index is 651. The first-order valence-corrected chi connectivity index (χ1v) is 6.74. The number of nitrogens with one attached hydrogen (secondary N) is 1. The Morgan fingerprint density at radius 1 is 1.38 bits per heavy atom. The molecule has 2 aromatic rings. The highest BCUT2D eigenvalue weighted by Gasteiger charge is 2.33. The summed E-state index contributed by atoms with van der Waals surface area (Å²) in [5.41, 5.74) is 0.911. The van der Waals surface area contributed by atoms with Gasteiger partial charge in [0.05, 0.1) is 17.5 Å². The molecule has 2 aromatic heterocycles. The fourth-order valence-electron chi connectivity index (χ4n) is 2.30. The molecule has 0 amide bonds. The number of alkyl halides is 3. The Morgan fingerprint density at radius 3 is 2.67 bits per heavy atom. The molecule has 1 aliphatic rings. The van der Waals surface area contributed by atoms with Crippen molar-refractivity contribution < 1.29 is 13.2 Å². The van der Waals surface area contributed by atoms with Crippen LogP contribution in [0, 0.1) is 6.92 Å². The predicted octanol–water partition coefficient (Wildman–Crippen LogP) is 2.19. The Kier molecular flexibility index (Phi) is 3.27. The van der Waals surface area contributed by atoms with Gasteiger partial charge in [0, 0.05) is 31.4 Å². The van der Waals surface area contributed by atoms with Crippen LogP contribution in [0.15, 0.2) is 12.4 Å². The monoisotopic (exact) mass is 299 g/mol. The molecule has 2 heterocycles. The summed E-state index contributed by atoms with van der Waals surface area (Å²) in [6, 6.07) is 0.515. The molecule has 114 valence electrons. The lowest BCUT2D eigenvalue weighted by molar-refractivity contribution is -0.137. The molecular formula is C13H16F3N5. The second-order valence-electron chi connectivity index (χ2n) is 5.34. The number of hydrogen-bond acceptors (Lipinski definition) is 3. The van der Waals surface area contributed by atoms with Crippen LogP contribution in [0.3, 0.4) is 0 Å². The third-order valence-corrected chi connectivity index (χ3v) is 3.58. The number of aromatic nitrogens is 4. The van der Waals surface area contributed by atoms with Gasteiger partial charge in [-0.1, -0.05) is 0 Å². The summed E-state index contributed by atoms with van der Waals surface area (Å²) in [7, 11) is 1.71. The molecule has 3 rings (SSSR count). The maximum Gasteiger partial charge on any atom is 0.419 e. The Labute approximate surface area is 119 Å².